The Labute approximate surface area is 144 Å². The number of aromatic nitrogens is 2. The highest BCUT2D eigenvalue weighted by atomic mass is 35.5. The number of nitrogens with zero attached hydrogens (tertiary/aromatic N) is 2. The first-order chi connectivity index (χ1) is 10.7. The van der Waals surface area contributed by atoms with E-state index in [1.165, 1.54) is 6.07 Å². The van der Waals surface area contributed by atoms with Crippen molar-refractivity contribution >= 4 is 35.1 Å². The normalized spacial score (nSPS) is 11.3. The van der Waals surface area contributed by atoms with Crippen molar-refractivity contribution in [2.75, 3.05) is 11.9 Å². The number of ether oxygens (including phenoxy) is 1. The molecule has 2 rings (SSSR count). The molecule has 6 nitrogen and oxygen atoms in total. The van der Waals surface area contributed by atoms with Gasteiger partial charge in [0.05, 0.1) is 5.02 Å². The molecule has 8 heteroatoms. The molecular formula is C15H17Cl2N3O3. The Balaban J connectivity index is 1.87. The smallest absolute Gasteiger partial charge is 0.322 e. The average molecular weight is 358 g/mol. The Bertz CT molecular complexity index is 696. The fourth-order valence-electron chi connectivity index (χ4n) is 1.72. The molecule has 0 spiro atoms. The molecule has 0 bridgehead atoms. The van der Waals surface area contributed by atoms with Crippen LogP contribution in [-0.2, 0) is 11.2 Å². The zero-order chi connectivity index (χ0) is 17.0. The largest absolute Gasteiger partial charge is 0.482 e. The van der Waals surface area contributed by atoms with E-state index < -0.39 is 5.91 Å². The molecule has 0 aliphatic rings. The zero-order valence-corrected chi connectivity index (χ0v) is 14.5. The van der Waals surface area contributed by atoms with Crippen molar-refractivity contribution in [3.05, 3.63) is 34.1 Å². The quantitative estimate of drug-likeness (QED) is 0.875. The van der Waals surface area contributed by atoms with Crippen molar-refractivity contribution < 1.29 is 13.9 Å². The molecule has 0 atom stereocenters. The average Bonchev–Trinajstić information content (AvgIpc) is 2.82. The van der Waals surface area contributed by atoms with E-state index in [0.717, 1.165) is 0 Å². The second-order valence-corrected chi connectivity index (χ2v) is 6.99. The van der Waals surface area contributed by atoms with Crippen LogP contribution >= 0.6 is 23.2 Å². The van der Waals surface area contributed by atoms with E-state index in [2.05, 4.69) is 36.3 Å². The third kappa shape index (κ3) is 5.73. The second-order valence-electron chi connectivity index (χ2n) is 6.15. The second kappa shape index (κ2) is 7.19. The Kier molecular flexibility index (Phi) is 5.49. The van der Waals surface area contributed by atoms with Gasteiger partial charge in [-0.3, -0.25) is 10.1 Å². The molecule has 1 N–H and O–H groups in total. The van der Waals surface area contributed by atoms with Gasteiger partial charge < -0.3 is 9.15 Å². The molecule has 0 saturated carbocycles. The first-order valence-corrected chi connectivity index (χ1v) is 7.68. The van der Waals surface area contributed by atoms with E-state index in [9.17, 15) is 4.79 Å². The van der Waals surface area contributed by atoms with Crippen molar-refractivity contribution in [1.29, 1.82) is 0 Å². The van der Waals surface area contributed by atoms with Gasteiger partial charge in [-0.05, 0) is 23.6 Å². The van der Waals surface area contributed by atoms with Crippen LogP contribution in [0.5, 0.6) is 5.75 Å². The van der Waals surface area contributed by atoms with E-state index >= 15 is 0 Å². The first-order valence-electron chi connectivity index (χ1n) is 6.93. The van der Waals surface area contributed by atoms with E-state index in [1.807, 2.05) is 0 Å². The summed E-state index contributed by atoms with van der Waals surface area (Å²) in [6.45, 7) is 5.93. The van der Waals surface area contributed by atoms with Crippen LogP contribution < -0.4 is 10.1 Å². The molecule has 1 aromatic carbocycles. The van der Waals surface area contributed by atoms with E-state index in [1.54, 1.807) is 12.1 Å². The summed E-state index contributed by atoms with van der Waals surface area (Å²) in [4.78, 5) is 11.8. The molecule has 0 aliphatic carbocycles. The maximum Gasteiger partial charge on any atom is 0.322 e. The number of benzene rings is 1. The molecular weight excluding hydrogens is 341 g/mol. The van der Waals surface area contributed by atoms with Gasteiger partial charge in [0.1, 0.15) is 5.75 Å². The number of hydrogen-bond acceptors (Lipinski definition) is 5. The lowest BCUT2D eigenvalue weighted by atomic mass is 9.92. The molecule has 0 aliphatic heterocycles. The third-order valence-electron chi connectivity index (χ3n) is 2.65. The molecule has 0 saturated heterocycles. The molecule has 23 heavy (non-hydrogen) atoms. The lowest BCUT2D eigenvalue weighted by Gasteiger charge is -2.14. The van der Waals surface area contributed by atoms with E-state index in [-0.39, 0.29) is 18.0 Å². The highest BCUT2D eigenvalue weighted by Crippen LogP contribution is 2.27. The van der Waals surface area contributed by atoms with Crippen LogP contribution in [0.1, 0.15) is 26.7 Å². The molecule has 1 amide bonds. The van der Waals surface area contributed by atoms with Crippen molar-refractivity contribution in [2.24, 2.45) is 5.41 Å². The van der Waals surface area contributed by atoms with Crippen molar-refractivity contribution in [3.63, 3.8) is 0 Å². The maximum atomic E-state index is 11.8. The zero-order valence-electron chi connectivity index (χ0n) is 13.0. The number of halogens is 2. The van der Waals surface area contributed by atoms with Crippen LogP contribution in [0.2, 0.25) is 10.0 Å². The summed E-state index contributed by atoms with van der Waals surface area (Å²) >= 11 is 11.7. The standard InChI is InChI=1S/C15H17Cl2N3O3/c1-15(2,3)7-13-19-20-14(23-13)18-12(21)8-22-11-5-4-9(16)6-10(11)17/h4-6H,7-8H2,1-3H3,(H,18,20,21). The van der Waals surface area contributed by atoms with Gasteiger partial charge in [0.25, 0.3) is 5.91 Å². The lowest BCUT2D eigenvalue weighted by molar-refractivity contribution is -0.118. The molecule has 0 radical (unpaired) electrons. The Morgan fingerprint density at radius 1 is 1.30 bits per heavy atom. The molecule has 0 unspecified atom stereocenters. The minimum Gasteiger partial charge on any atom is -0.482 e. The summed E-state index contributed by atoms with van der Waals surface area (Å²) in [6, 6.07) is 4.79. The number of nitrogens with one attached hydrogen (secondary N) is 1. The number of carbonyl (C=O) groups is 1. The topological polar surface area (TPSA) is 77.2 Å². The van der Waals surface area contributed by atoms with Gasteiger partial charge in [-0.15, -0.1) is 5.10 Å². The summed E-state index contributed by atoms with van der Waals surface area (Å²) in [7, 11) is 0. The third-order valence-corrected chi connectivity index (χ3v) is 3.18. The summed E-state index contributed by atoms with van der Waals surface area (Å²) in [5.41, 5.74) is 0.0161. The summed E-state index contributed by atoms with van der Waals surface area (Å²) in [5.74, 6) is 0.404. The van der Waals surface area contributed by atoms with Crippen molar-refractivity contribution in [3.8, 4) is 5.75 Å². The molecule has 0 fully saturated rings. The van der Waals surface area contributed by atoms with Crippen LogP contribution in [0, 0.1) is 5.41 Å². The van der Waals surface area contributed by atoms with Gasteiger partial charge in [0, 0.05) is 11.4 Å². The highest BCUT2D eigenvalue weighted by molar-refractivity contribution is 6.35. The van der Waals surface area contributed by atoms with Crippen molar-refractivity contribution in [2.45, 2.75) is 27.2 Å². The van der Waals surface area contributed by atoms with Gasteiger partial charge in [-0.1, -0.05) is 49.1 Å². The van der Waals surface area contributed by atoms with Gasteiger partial charge >= 0.3 is 6.01 Å². The minimum absolute atomic E-state index is 0.0161. The van der Waals surface area contributed by atoms with Gasteiger partial charge in [0.15, 0.2) is 6.61 Å². The monoisotopic (exact) mass is 357 g/mol. The molecule has 2 aromatic rings. The predicted octanol–water partition coefficient (Wildman–Crippen LogP) is 3.98. The number of carbonyl (C=O) groups excluding carboxylic acids is 1. The van der Waals surface area contributed by atoms with Crippen LogP contribution in [-0.4, -0.2) is 22.7 Å². The number of amides is 1. The summed E-state index contributed by atoms with van der Waals surface area (Å²) in [5, 5.41) is 11.0. The number of anilines is 1. The Morgan fingerprint density at radius 2 is 2.04 bits per heavy atom. The van der Waals surface area contributed by atoms with E-state index in [0.29, 0.717) is 28.1 Å². The van der Waals surface area contributed by atoms with Crippen LogP contribution in [0.4, 0.5) is 6.01 Å². The molecule has 1 aromatic heterocycles. The number of rotatable bonds is 5. The predicted molar refractivity (Wildman–Crippen MR) is 88.0 cm³/mol. The summed E-state index contributed by atoms with van der Waals surface area (Å²) < 4.78 is 10.7. The Morgan fingerprint density at radius 3 is 2.70 bits per heavy atom. The fraction of sp³-hybridized carbons (Fsp3) is 0.400. The van der Waals surface area contributed by atoms with Gasteiger partial charge in [-0.2, -0.15) is 0 Å². The number of hydrogen-bond donors (Lipinski definition) is 1. The lowest BCUT2D eigenvalue weighted by Crippen LogP contribution is -2.20. The van der Waals surface area contributed by atoms with E-state index in [4.69, 9.17) is 32.4 Å². The summed E-state index contributed by atoms with van der Waals surface area (Å²) in [6.07, 6.45) is 0.618. The van der Waals surface area contributed by atoms with Gasteiger partial charge in [0.2, 0.25) is 5.89 Å². The highest BCUT2D eigenvalue weighted by Gasteiger charge is 2.17. The molecule has 124 valence electrons. The SMILES string of the molecule is CC(C)(C)Cc1nnc(NC(=O)COc2ccc(Cl)cc2Cl)o1. The fourth-order valence-corrected chi connectivity index (χ4v) is 2.18. The van der Waals surface area contributed by atoms with Gasteiger partial charge in [-0.25, -0.2) is 0 Å². The maximum absolute atomic E-state index is 11.8. The molecule has 1 heterocycles. The van der Waals surface area contributed by atoms with Crippen LogP contribution in [0.25, 0.3) is 0 Å². The minimum atomic E-state index is -0.429. The first kappa shape index (κ1) is 17.6. The van der Waals surface area contributed by atoms with Crippen molar-refractivity contribution in [1.82, 2.24) is 10.2 Å². The van der Waals surface area contributed by atoms with Crippen LogP contribution in [0.3, 0.4) is 0 Å². The van der Waals surface area contributed by atoms with Crippen LogP contribution in [0.15, 0.2) is 22.6 Å². The Hall–Kier alpha value is -1.79.